The van der Waals surface area contributed by atoms with E-state index in [0.717, 1.165) is 41.3 Å². The van der Waals surface area contributed by atoms with Gasteiger partial charge < -0.3 is 19.7 Å². The number of carboxylic acids is 1. The normalized spacial score (nSPS) is 12.5. The first-order valence-corrected chi connectivity index (χ1v) is 15.1. The van der Waals surface area contributed by atoms with E-state index in [1.807, 2.05) is 54.1 Å². The first-order chi connectivity index (χ1) is 20.4. The van der Waals surface area contributed by atoms with Crippen LogP contribution >= 0.6 is 0 Å². The summed E-state index contributed by atoms with van der Waals surface area (Å²) in [5, 5.41) is 13.2. The molecule has 2 N–H and O–H groups in total. The second-order valence-electron chi connectivity index (χ2n) is 12.3. The number of benzene rings is 3. The Morgan fingerprint density at radius 2 is 1.74 bits per heavy atom. The van der Waals surface area contributed by atoms with Crippen molar-refractivity contribution < 1.29 is 23.8 Å². The monoisotopic (exact) mass is 586 g/mol. The van der Waals surface area contributed by atoms with Gasteiger partial charge in [-0.25, -0.2) is 9.18 Å². The van der Waals surface area contributed by atoms with E-state index in [4.69, 9.17) is 4.74 Å². The van der Waals surface area contributed by atoms with Gasteiger partial charge in [-0.2, -0.15) is 0 Å². The van der Waals surface area contributed by atoms with E-state index in [-0.39, 0.29) is 17.5 Å². The Morgan fingerprint density at radius 3 is 2.44 bits per heavy atom. The average Bonchev–Trinajstić information content (AvgIpc) is 3.28. The summed E-state index contributed by atoms with van der Waals surface area (Å²) in [5.74, 6) is -1.33. The van der Waals surface area contributed by atoms with Gasteiger partial charge in [0, 0.05) is 18.1 Å². The molecule has 0 unspecified atom stereocenters. The Balaban J connectivity index is 1.63. The summed E-state index contributed by atoms with van der Waals surface area (Å²) in [6.45, 7) is 11.8. The first kappa shape index (κ1) is 31.8. The average molecular weight is 587 g/mol. The number of halogens is 1. The molecule has 3 aromatic carbocycles. The predicted molar refractivity (Wildman–Crippen MR) is 169 cm³/mol. The number of nitrogens with zero attached hydrogens (tertiary/aromatic N) is 1. The van der Waals surface area contributed by atoms with Crippen molar-refractivity contribution in [1.29, 1.82) is 0 Å². The number of ether oxygens (including phenoxy) is 1. The summed E-state index contributed by atoms with van der Waals surface area (Å²) < 4.78 is 23.8. The van der Waals surface area contributed by atoms with Gasteiger partial charge in [0.05, 0.1) is 17.1 Å². The number of aromatic nitrogens is 1. The third-order valence-corrected chi connectivity index (χ3v) is 7.67. The Kier molecular flexibility index (Phi) is 9.95. The summed E-state index contributed by atoms with van der Waals surface area (Å²) in [6, 6.07) is 18.6. The van der Waals surface area contributed by atoms with Crippen molar-refractivity contribution >= 4 is 22.8 Å². The standard InChI is InChI=1S/C36H43FN2O4/c1-7-8-11-25-12-9-14-27(18-25)24(4)38-34(40)31-17-16-30-28(22-39(21-23(2)3)33(30)32(31)37)19-26-13-10-15-29(20-26)43-36(5,6)35(41)42/h9-10,12-18,20,22-24H,7-8,11,19,21H2,1-6H3,(H,38,40)(H,41,42)/t24-/m0/s1. The molecule has 0 saturated carbocycles. The second-order valence-corrected chi connectivity index (χ2v) is 12.3. The van der Waals surface area contributed by atoms with Gasteiger partial charge in [0.1, 0.15) is 5.75 Å². The van der Waals surface area contributed by atoms with Crippen LogP contribution in [0.1, 0.15) is 93.0 Å². The zero-order chi connectivity index (χ0) is 31.3. The number of carbonyl (C=O) groups excluding carboxylic acids is 1. The van der Waals surface area contributed by atoms with Crippen LogP contribution in [0.5, 0.6) is 5.75 Å². The summed E-state index contributed by atoms with van der Waals surface area (Å²) in [6.07, 6.45) is 5.65. The molecule has 0 aliphatic heterocycles. The number of aryl methyl sites for hydroxylation is 1. The molecule has 0 spiro atoms. The van der Waals surface area contributed by atoms with Crippen LogP contribution in [0.15, 0.2) is 66.9 Å². The smallest absolute Gasteiger partial charge is 0.347 e. The Labute approximate surface area is 253 Å². The largest absolute Gasteiger partial charge is 0.478 e. The maximum atomic E-state index is 16.2. The van der Waals surface area contributed by atoms with Crippen molar-refractivity contribution in [2.75, 3.05) is 0 Å². The number of aliphatic carboxylic acids is 1. The summed E-state index contributed by atoms with van der Waals surface area (Å²) in [5.41, 5.74) is 3.09. The molecule has 0 aliphatic rings. The van der Waals surface area contributed by atoms with Gasteiger partial charge in [-0.05, 0) is 86.4 Å². The van der Waals surface area contributed by atoms with Crippen LogP contribution in [0.3, 0.4) is 0 Å². The van der Waals surface area contributed by atoms with Gasteiger partial charge in [0.2, 0.25) is 0 Å². The lowest BCUT2D eigenvalue weighted by atomic mass is 10.0. The zero-order valence-corrected chi connectivity index (χ0v) is 26.0. The Bertz CT molecular complexity index is 1600. The predicted octanol–water partition coefficient (Wildman–Crippen LogP) is 8.10. The molecule has 1 aromatic heterocycles. The molecule has 0 radical (unpaired) electrons. The van der Waals surface area contributed by atoms with Gasteiger partial charge in [-0.15, -0.1) is 0 Å². The number of amides is 1. The molecule has 0 aliphatic carbocycles. The van der Waals surface area contributed by atoms with Gasteiger partial charge in [-0.1, -0.05) is 69.7 Å². The molecule has 7 heteroatoms. The van der Waals surface area contributed by atoms with Crippen LogP contribution in [0.2, 0.25) is 0 Å². The highest BCUT2D eigenvalue weighted by molar-refractivity contribution is 5.99. The zero-order valence-electron chi connectivity index (χ0n) is 26.0. The van der Waals surface area contributed by atoms with Crippen molar-refractivity contribution in [3.05, 3.63) is 100 Å². The van der Waals surface area contributed by atoms with E-state index in [1.165, 1.54) is 19.4 Å². The molecule has 0 fully saturated rings. The molecule has 0 bridgehead atoms. The number of fused-ring (bicyclic) bond motifs is 1. The van der Waals surface area contributed by atoms with Crippen LogP contribution in [-0.4, -0.2) is 27.2 Å². The number of hydrogen-bond acceptors (Lipinski definition) is 3. The lowest BCUT2D eigenvalue weighted by Gasteiger charge is -2.21. The highest BCUT2D eigenvalue weighted by Gasteiger charge is 2.29. The molecule has 43 heavy (non-hydrogen) atoms. The van der Waals surface area contributed by atoms with E-state index in [2.05, 4.69) is 38.2 Å². The number of carboxylic acid groups (broad SMARTS) is 1. The fraction of sp³-hybridized carbons (Fsp3) is 0.389. The van der Waals surface area contributed by atoms with Crippen LogP contribution in [0.25, 0.3) is 10.9 Å². The topological polar surface area (TPSA) is 80.6 Å². The van der Waals surface area contributed by atoms with E-state index in [1.54, 1.807) is 12.1 Å². The van der Waals surface area contributed by atoms with E-state index < -0.39 is 23.3 Å². The van der Waals surface area contributed by atoms with E-state index in [9.17, 15) is 14.7 Å². The van der Waals surface area contributed by atoms with Crippen LogP contribution in [-0.2, 0) is 24.2 Å². The van der Waals surface area contributed by atoms with Crippen LogP contribution in [0, 0.1) is 11.7 Å². The third-order valence-electron chi connectivity index (χ3n) is 7.67. The van der Waals surface area contributed by atoms with Gasteiger partial charge in [-0.3, -0.25) is 4.79 Å². The number of rotatable bonds is 13. The summed E-state index contributed by atoms with van der Waals surface area (Å²) in [7, 11) is 0. The minimum Gasteiger partial charge on any atom is -0.478 e. The fourth-order valence-corrected chi connectivity index (χ4v) is 5.31. The molecular formula is C36H43FN2O4. The van der Waals surface area contributed by atoms with Crippen molar-refractivity contribution in [3.8, 4) is 5.75 Å². The number of hydrogen-bond donors (Lipinski definition) is 2. The lowest BCUT2D eigenvalue weighted by molar-refractivity contribution is -0.152. The Hall–Kier alpha value is -4.13. The molecule has 4 aromatic rings. The summed E-state index contributed by atoms with van der Waals surface area (Å²) in [4.78, 5) is 24.9. The number of unbranched alkanes of at least 4 members (excludes halogenated alkanes) is 1. The fourth-order valence-electron chi connectivity index (χ4n) is 5.31. The first-order valence-electron chi connectivity index (χ1n) is 15.1. The number of carbonyl (C=O) groups is 2. The van der Waals surface area contributed by atoms with Crippen molar-refractivity contribution in [3.63, 3.8) is 0 Å². The SMILES string of the molecule is CCCCc1cccc([C@H](C)NC(=O)c2ccc3c(Cc4cccc(OC(C)(C)C(=O)O)c4)cn(CC(C)C)c3c2F)c1. The maximum absolute atomic E-state index is 16.2. The van der Waals surface area contributed by atoms with E-state index in [0.29, 0.717) is 24.2 Å². The molecule has 228 valence electrons. The van der Waals surface area contributed by atoms with Crippen molar-refractivity contribution in [2.24, 2.45) is 5.92 Å². The molecule has 6 nitrogen and oxygen atoms in total. The minimum absolute atomic E-state index is 0.0162. The van der Waals surface area contributed by atoms with Crippen molar-refractivity contribution in [2.45, 2.75) is 85.4 Å². The quantitative estimate of drug-likeness (QED) is 0.166. The van der Waals surface area contributed by atoms with E-state index >= 15 is 4.39 Å². The maximum Gasteiger partial charge on any atom is 0.347 e. The van der Waals surface area contributed by atoms with Crippen molar-refractivity contribution in [1.82, 2.24) is 9.88 Å². The molecule has 1 amide bonds. The Morgan fingerprint density at radius 1 is 1.02 bits per heavy atom. The molecular weight excluding hydrogens is 543 g/mol. The van der Waals surface area contributed by atoms with Crippen LogP contribution < -0.4 is 10.1 Å². The third kappa shape index (κ3) is 7.64. The van der Waals surface area contributed by atoms with Gasteiger partial charge in [0.15, 0.2) is 11.4 Å². The minimum atomic E-state index is -1.37. The molecule has 0 saturated heterocycles. The van der Waals surface area contributed by atoms with Gasteiger partial charge >= 0.3 is 5.97 Å². The highest BCUT2D eigenvalue weighted by atomic mass is 19.1. The molecule has 4 rings (SSSR count). The number of nitrogens with one attached hydrogen (secondary N) is 1. The highest BCUT2D eigenvalue weighted by Crippen LogP contribution is 2.30. The lowest BCUT2D eigenvalue weighted by Crippen LogP contribution is -2.37. The van der Waals surface area contributed by atoms with Gasteiger partial charge in [0.25, 0.3) is 5.91 Å². The second kappa shape index (κ2) is 13.4. The molecule has 1 heterocycles. The summed E-state index contributed by atoms with van der Waals surface area (Å²) >= 11 is 0. The van der Waals surface area contributed by atoms with Crippen LogP contribution in [0.4, 0.5) is 4.39 Å². The molecule has 1 atom stereocenters.